The highest BCUT2D eigenvalue weighted by Crippen LogP contribution is 2.43. The van der Waals surface area contributed by atoms with Crippen molar-refractivity contribution in [2.24, 2.45) is 0 Å². The minimum absolute atomic E-state index is 0.0269. The summed E-state index contributed by atoms with van der Waals surface area (Å²) in [5, 5.41) is 17.0. The molecular weight excluding hydrogens is 602 g/mol. The van der Waals surface area contributed by atoms with Crippen molar-refractivity contribution in [3.63, 3.8) is 0 Å². The first-order valence-corrected chi connectivity index (χ1v) is 13.3. The van der Waals surface area contributed by atoms with E-state index in [4.69, 9.17) is 11.6 Å². The van der Waals surface area contributed by atoms with Crippen LogP contribution in [0.3, 0.4) is 0 Å². The van der Waals surface area contributed by atoms with Crippen LogP contribution in [0.1, 0.15) is 36.6 Å². The molecule has 1 atom stereocenters. The lowest BCUT2D eigenvalue weighted by Gasteiger charge is -2.46. The summed E-state index contributed by atoms with van der Waals surface area (Å²) in [6.07, 6.45) is -7.87. The number of halogens is 7. The molecule has 2 aliphatic rings. The van der Waals surface area contributed by atoms with Crippen molar-refractivity contribution in [3.8, 4) is 11.1 Å². The van der Waals surface area contributed by atoms with Gasteiger partial charge < -0.3 is 10.4 Å². The number of benzene rings is 2. The maximum absolute atomic E-state index is 13.7. The fourth-order valence-corrected chi connectivity index (χ4v) is 5.51. The molecule has 1 fully saturated rings. The minimum atomic E-state index is -4.81. The van der Waals surface area contributed by atoms with Crippen LogP contribution >= 0.6 is 11.6 Å². The molecule has 43 heavy (non-hydrogen) atoms. The van der Waals surface area contributed by atoms with E-state index < -0.39 is 52.3 Å². The molecule has 3 aromatic rings. The molecule has 2 amide bonds. The van der Waals surface area contributed by atoms with Crippen molar-refractivity contribution in [1.29, 1.82) is 0 Å². The Morgan fingerprint density at radius 1 is 1.07 bits per heavy atom. The molecule has 0 aliphatic carbocycles. The quantitative estimate of drug-likeness (QED) is 0.236. The number of nitrogens with one attached hydrogen (secondary N) is 1. The highest BCUT2D eigenvalue weighted by molar-refractivity contribution is 6.31. The van der Waals surface area contributed by atoms with E-state index in [0.29, 0.717) is 48.2 Å². The molecule has 14 heteroatoms. The van der Waals surface area contributed by atoms with Gasteiger partial charge in [0.05, 0.1) is 17.6 Å². The smallest absolute Gasteiger partial charge is 0.433 e. The number of carbonyl (C=O) groups excluding carboxylic acids is 2. The number of rotatable bonds is 5. The monoisotopic (exact) mass is 624 g/mol. The first kappa shape index (κ1) is 30.4. The van der Waals surface area contributed by atoms with E-state index in [9.17, 15) is 41.0 Å². The van der Waals surface area contributed by atoms with Gasteiger partial charge >= 0.3 is 12.4 Å². The van der Waals surface area contributed by atoms with Crippen molar-refractivity contribution < 1.29 is 41.0 Å². The number of aromatic nitrogens is 1. The summed E-state index contributed by atoms with van der Waals surface area (Å²) in [6.45, 7) is 2.03. The molecular formula is C29H23ClF6N4O3. The average molecular weight is 625 g/mol. The highest BCUT2D eigenvalue weighted by atomic mass is 35.5. The molecule has 0 bridgehead atoms. The molecule has 226 valence electrons. The molecule has 1 aromatic heterocycles. The molecule has 2 aromatic carbocycles. The van der Waals surface area contributed by atoms with Gasteiger partial charge in [0, 0.05) is 34.6 Å². The maximum atomic E-state index is 13.7. The van der Waals surface area contributed by atoms with Crippen LogP contribution in [0.25, 0.3) is 11.1 Å². The van der Waals surface area contributed by atoms with Crippen LogP contribution in [-0.2, 0) is 28.5 Å². The molecule has 5 rings (SSSR count). The summed E-state index contributed by atoms with van der Waals surface area (Å²) in [5.74, 6) is -2.48. The van der Waals surface area contributed by atoms with Gasteiger partial charge in [-0.25, -0.2) is 5.01 Å². The Morgan fingerprint density at radius 2 is 1.79 bits per heavy atom. The lowest BCUT2D eigenvalue weighted by molar-refractivity contribution is -0.160. The first-order valence-electron chi connectivity index (χ1n) is 12.9. The number of aliphatic hydroxyl groups is 1. The second-order valence-corrected chi connectivity index (χ2v) is 10.7. The first-order chi connectivity index (χ1) is 20.1. The number of nitrogens with zero attached hydrogens (tertiary/aromatic N) is 3. The number of alkyl halides is 6. The van der Waals surface area contributed by atoms with E-state index in [2.05, 4.69) is 10.3 Å². The van der Waals surface area contributed by atoms with Gasteiger partial charge in [0.2, 0.25) is 0 Å². The Bertz CT molecular complexity index is 1620. The molecule has 3 heterocycles. The summed E-state index contributed by atoms with van der Waals surface area (Å²) in [5.41, 5.74) is -4.27. The van der Waals surface area contributed by atoms with Crippen LogP contribution in [0.5, 0.6) is 0 Å². The van der Waals surface area contributed by atoms with Gasteiger partial charge in [-0.2, -0.15) is 26.3 Å². The Kier molecular flexibility index (Phi) is 7.68. The number of aliphatic hydroxyl groups excluding tert-OH is 1. The Morgan fingerprint density at radius 3 is 2.42 bits per heavy atom. The Hall–Kier alpha value is -4.10. The second-order valence-electron chi connectivity index (χ2n) is 10.3. The van der Waals surface area contributed by atoms with E-state index >= 15 is 0 Å². The topological polar surface area (TPSA) is 85.8 Å². The zero-order valence-corrected chi connectivity index (χ0v) is 23.1. The van der Waals surface area contributed by atoms with Gasteiger partial charge in [0.15, 0.2) is 0 Å². The predicted molar refractivity (Wildman–Crippen MR) is 144 cm³/mol. The fraction of sp³-hybridized carbons (Fsp3) is 0.276. The lowest BCUT2D eigenvalue weighted by Crippen LogP contribution is -2.60. The molecule has 2 aliphatic heterocycles. The third kappa shape index (κ3) is 5.66. The van der Waals surface area contributed by atoms with Crippen LogP contribution in [0, 0.1) is 0 Å². The number of hydrazine groups is 1. The SMILES string of the molecule is CC12CCCN1N(Cc1ccccc1Cl)C(=O)C(C(=O)Nc1ccc(C(F)(F)F)cc1-c1ccc(C(F)(F)F)nc1)=C2O. The summed E-state index contributed by atoms with van der Waals surface area (Å²) in [6, 6.07) is 10.5. The van der Waals surface area contributed by atoms with Crippen molar-refractivity contribution in [1.82, 2.24) is 15.0 Å². The minimum Gasteiger partial charge on any atom is -0.509 e. The van der Waals surface area contributed by atoms with E-state index in [1.54, 1.807) is 36.2 Å². The fourth-order valence-electron chi connectivity index (χ4n) is 5.31. The van der Waals surface area contributed by atoms with E-state index in [1.807, 2.05) is 0 Å². The van der Waals surface area contributed by atoms with Crippen LogP contribution in [-0.4, -0.2) is 44.0 Å². The Labute approximate surface area is 246 Å². The van der Waals surface area contributed by atoms with Gasteiger partial charge in [0.25, 0.3) is 11.8 Å². The van der Waals surface area contributed by atoms with Crippen LogP contribution in [0.2, 0.25) is 5.02 Å². The lowest BCUT2D eigenvalue weighted by atomic mass is 9.90. The van der Waals surface area contributed by atoms with E-state index in [0.717, 1.165) is 18.3 Å². The number of hydrogen-bond acceptors (Lipinski definition) is 5. The number of hydrogen-bond donors (Lipinski definition) is 2. The number of anilines is 1. The zero-order chi connectivity index (χ0) is 31.3. The standard InChI is InChI=1S/C29H23ClF6N4O3/c1-27-11-4-12-40(27)39(15-17-5-2-3-6-20(17)30)26(43)23(24(27)41)25(42)38-21-9-8-18(28(31,32)33)13-19(21)16-7-10-22(37-14-16)29(34,35)36/h2-3,5-10,13-14,41H,4,11-12,15H2,1H3,(H,38,42). The molecule has 0 spiro atoms. The summed E-state index contributed by atoms with van der Waals surface area (Å²) < 4.78 is 79.8. The largest absolute Gasteiger partial charge is 0.509 e. The highest BCUT2D eigenvalue weighted by Gasteiger charge is 2.52. The third-order valence-corrected chi connectivity index (χ3v) is 7.92. The molecule has 7 nitrogen and oxygen atoms in total. The summed E-state index contributed by atoms with van der Waals surface area (Å²) in [4.78, 5) is 30.7. The summed E-state index contributed by atoms with van der Waals surface area (Å²) in [7, 11) is 0. The molecule has 0 saturated carbocycles. The van der Waals surface area contributed by atoms with Crippen molar-refractivity contribution in [2.45, 2.75) is 44.2 Å². The van der Waals surface area contributed by atoms with Crippen LogP contribution in [0.4, 0.5) is 32.0 Å². The van der Waals surface area contributed by atoms with Crippen molar-refractivity contribution in [2.75, 3.05) is 11.9 Å². The second kappa shape index (κ2) is 10.9. The van der Waals surface area contributed by atoms with E-state index in [-0.39, 0.29) is 23.4 Å². The molecule has 1 unspecified atom stereocenters. The van der Waals surface area contributed by atoms with Gasteiger partial charge in [-0.15, -0.1) is 0 Å². The predicted octanol–water partition coefficient (Wildman–Crippen LogP) is 7.00. The van der Waals surface area contributed by atoms with Gasteiger partial charge in [0.1, 0.15) is 17.0 Å². The number of fused-ring (bicyclic) bond motifs is 1. The van der Waals surface area contributed by atoms with Crippen LogP contribution < -0.4 is 5.32 Å². The summed E-state index contributed by atoms with van der Waals surface area (Å²) >= 11 is 6.31. The Balaban J connectivity index is 1.54. The van der Waals surface area contributed by atoms with Crippen LogP contribution in [0.15, 0.2) is 72.1 Å². The normalized spacial score (nSPS) is 19.5. The number of pyridine rings is 1. The van der Waals surface area contributed by atoms with Gasteiger partial charge in [-0.05, 0) is 55.7 Å². The van der Waals surface area contributed by atoms with Crippen molar-refractivity contribution >= 4 is 29.1 Å². The third-order valence-electron chi connectivity index (χ3n) is 7.55. The van der Waals surface area contributed by atoms with Gasteiger partial charge in [-0.3, -0.25) is 19.6 Å². The molecule has 2 N–H and O–H groups in total. The van der Waals surface area contributed by atoms with E-state index in [1.165, 1.54) is 5.01 Å². The van der Waals surface area contributed by atoms with Crippen molar-refractivity contribution in [3.05, 3.63) is 94.0 Å². The average Bonchev–Trinajstić information content (AvgIpc) is 3.34. The number of amides is 2. The van der Waals surface area contributed by atoms with Gasteiger partial charge in [-0.1, -0.05) is 35.9 Å². The molecule has 1 saturated heterocycles. The number of carbonyl (C=O) groups is 2. The maximum Gasteiger partial charge on any atom is 0.433 e. The molecule has 0 radical (unpaired) electrons. The zero-order valence-electron chi connectivity index (χ0n) is 22.4.